The van der Waals surface area contributed by atoms with Gasteiger partial charge in [-0.05, 0) is 39.8 Å². The summed E-state index contributed by atoms with van der Waals surface area (Å²) in [7, 11) is 4.32. The predicted molar refractivity (Wildman–Crippen MR) is 75.5 cm³/mol. The molecule has 1 rings (SSSR count). The van der Waals surface area contributed by atoms with Gasteiger partial charge in [0.15, 0.2) is 0 Å². The third kappa shape index (κ3) is 5.84. The molecule has 0 aromatic carbocycles. The van der Waals surface area contributed by atoms with Gasteiger partial charge in [0.05, 0.1) is 0 Å². The number of nitrogens with one attached hydrogen (secondary N) is 1. The van der Waals surface area contributed by atoms with E-state index >= 15 is 0 Å². The van der Waals surface area contributed by atoms with Crippen LogP contribution >= 0.6 is 0 Å². The summed E-state index contributed by atoms with van der Waals surface area (Å²) < 4.78 is 0. The first kappa shape index (κ1) is 14.9. The Morgan fingerprint density at radius 3 is 2.35 bits per heavy atom. The minimum Gasteiger partial charge on any atom is -0.313 e. The number of hydrogen-bond acceptors (Lipinski definition) is 3. The fourth-order valence-electron chi connectivity index (χ4n) is 2.52. The number of rotatable bonds is 6. The lowest BCUT2D eigenvalue weighted by molar-refractivity contribution is 0.129. The van der Waals surface area contributed by atoms with Gasteiger partial charge in [0.2, 0.25) is 0 Å². The van der Waals surface area contributed by atoms with Gasteiger partial charge in [-0.2, -0.15) is 0 Å². The van der Waals surface area contributed by atoms with Crippen LogP contribution in [0.1, 0.15) is 33.6 Å². The van der Waals surface area contributed by atoms with Crippen LogP contribution in [0.25, 0.3) is 0 Å². The van der Waals surface area contributed by atoms with Crippen molar-refractivity contribution in [1.29, 1.82) is 0 Å². The summed E-state index contributed by atoms with van der Waals surface area (Å²) in [6, 6.07) is 1.45. The predicted octanol–water partition coefficient (Wildman–Crippen LogP) is 1.65. The van der Waals surface area contributed by atoms with Crippen molar-refractivity contribution in [2.75, 3.05) is 40.3 Å². The van der Waals surface area contributed by atoms with Gasteiger partial charge in [0.25, 0.3) is 0 Å². The van der Waals surface area contributed by atoms with E-state index in [0.29, 0.717) is 6.04 Å². The highest BCUT2D eigenvalue weighted by Crippen LogP contribution is 2.15. The van der Waals surface area contributed by atoms with E-state index in [9.17, 15) is 0 Å². The van der Waals surface area contributed by atoms with Crippen LogP contribution in [0.3, 0.4) is 0 Å². The summed E-state index contributed by atoms with van der Waals surface area (Å²) in [5.74, 6) is 0.761. The molecule has 1 saturated heterocycles. The van der Waals surface area contributed by atoms with E-state index in [1.165, 1.54) is 39.0 Å². The number of piperidine rings is 1. The molecule has 0 aliphatic carbocycles. The van der Waals surface area contributed by atoms with E-state index in [1.807, 2.05) is 0 Å². The minimum absolute atomic E-state index is 0.709. The molecule has 17 heavy (non-hydrogen) atoms. The third-order valence-corrected chi connectivity index (χ3v) is 3.59. The second kappa shape index (κ2) is 7.34. The van der Waals surface area contributed by atoms with Crippen molar-refractivity contribution in [3.8, 4) is 0 Å². The lowest BCUT2D eigenvalue weighted by Gasteiger charge is -2.38. The quantitative estimate of drug-likeness (QED) is 0.763. The maximum atomic E-state index is 3.62. The van der Waals surface area contributed by atoms with Crippen molar-refractivity contribution in [2.45, 2.75) is 45.7 Å². The molecule has 0 aromatic rings. The van der Waals surface area contributed by atoms with Crippen molar-refractivity contribution in [2.24, 2.45) is 5.92 Å². The van der Waals surface area contributed by atoms with Gasteiger partial charge in [-0.3, -0.25) is 4.90 Å². The molecule has 2 atom stereocenters. The Balaban J connectivity index is 2.43. The molecule has 0 radical (unpaired) electrons. The Hall–Kier alpha value is -0.120. The molecule has 1 N–H and O–H groups in total. The van der Waals surface area contributed by atoms with Crippen LogP contribution in [0.2, 0.25) is 0 Å². The molecule has 0 amide bonds. The Labute approximate surface area is 108 Å². The van der Waals surface area contributed by atoms with E-state index in [-0.39, 0.29) is 0 Å². The lowest BCUT2D eigenvalue weighted by atomic mass is 9.99. The van der Waals surface area contributed by atoms with Gasteiger partial charge in [-0.1, -0.05) is 13.8 Å². The lowest BCUT2D eigenvalue weighted by Crippen LogP contribution is -2.51. The van der Waals surface area contributed by atoms with Crippen LogP contribution in [0.15, 0.2) is 0 Å². The molecule has 0 spiro atoms. The summed E-state index contributed by atoms with van der Waals surface area (Å²) in [5.41, 5.74) is 0. The highest BCUT2D eigenvalue weighted by atomic mass is 15.2. The molecule has 1 fully saturated rings. The average Bonchev–Trinajstić information content (AvgIpc) is 2.25. The fourth-order valence-corrected chi connectivity index (χ4v) is 2.52. The summed E-state index contributed by atoms with van der Waals surface area (Å²) in [4.78, 5) is 4.97. The smallest absolute Gasteiger partial charge is 0.0221 e. The van der Waals surface area contributed by atoms with Gasteiger partial charge in [-0.25, -0.2) is 0 Å². The molecule has 3 heteroatoms. The average molecular weight is 241 g/mol. The first-order chi connectivity index (χ1) is 7.99. The zero-order chi connectivity index (χ0) is 12.8. The standard InChI is InChI=1S/C14H31N3/c1-12(2)11-17(9-8-16(4)5)14-7-6-13(3)15-10-14/h12-15H,6-11H2,1-5H3. The van der Waals surface area contributed by atoms with Gasteiger partial charge >= 0.3 is 0 Å². The highest BCUT2D eigenvalue weighted by molar-refractivity contribution is 4.82. The molecular formula is C14H31N3. The number of hydrogen-bond donors (Lipinski definition) is 1. The maximum absolute atomic E-state index is 3.62. The Morgan fingerprint density at radius 2 is 1.88 bits per heavy atom. The molecule has 0 saturated carbocycles. The molecule has 2 unspecified atom stereocenters. The van der Waals surface area contributed by atoms with Crippen LogP contribution in [0, 0.1) is 5.92 Å². The second-order valence-electron chi connectivity index (χ2n) is 6.23. The van der Waals surface area contributed by atoms with Crippen LogP contribution in [-0.2, 0) is 0 Å². The molecule has 0 bridgehead atoms. The van der Waals surface area contributed by atoms with Crippen molar-refractivity contribution in [3.63, 3.8) is 0 Å². The summed E-state index contributed by atoms with van der Waals surface area (Å²) in [5, 5.41) is 3.62. The van der Waals surface area contributed by atoms with E-state index in [2.05, 4.69) is 50.0 Å². The van der Waals surface area contributed by atoms with Gasteiger partial charge in [0, 0.05) is 38.3 Å². The number of likely N-dealkylation sites (N-methyl/N-ethyl adjacent to an activating group) is 1. The number of nitrogens with zero attached hydrogens (tertiary/aromatic N) is 2. The molecule has 0 aromatic heterocycles. The van der Waals surface area contributed by atoms with Crippen molar-refractivity contribution in [3.05, 3.63) is 0 Å². The Kier molecular flexibility index (Phi) is 6.45. The summed E-state index contributed by atoms with van der Waals surface area (Å²) in [6.45, 7) is 11.7. The normalized spacial score (nSPS) is 26.1. The van der Waals surface area contributed by atoms with E-state index < -0.39 is 0 Å². The van der Waals surface area contributed by atoms with Crippen molar-refractivity contribution in [1.82, 2.24) is 15.1 Å². The monoisotopic (exact) mass is 241 g/mol. The largest absolute Gasteiger partial charge is 0.313 e. The topological polar surface area (TPSA) is 18.5 Å². The zero-order valence-corrected chi connectivity index (χ0v) is 12.4. The molecule has 102 valence electrons. The van der Waals surface area contributed by atoms with E-state index in [1.54, 1.807) is 0 Å². The van der Waals surface area contributed by atoms with E-state index in [0.717, 1.165) is 12.0 Å². The summed E-state index contributed by atoms with van der Waals surface area (Å²) >= 11 is 0. The Bertz CT molecular complexity index is 196. The molecule has 1 aliphatic rings. The summed E-state index contributed by atoms with van der Waals surface area (Å²) in [6.07, 6.45) is 2.68. The van der Waals surface area contributed by atoms with Gasteiger partial charge in [0.1, 0.15) is 0 Å². The van der Waals surface area contributed by atoms with Crippen LogP contribution in [-0.4, -0.2) is 62.2 Å². The second-order valence-corrected chi connectivity index (χ2v) is 6.23. The van der Waals surface area contributed by atoms with E-state index in [4.69, 9.17) is 0 Å². The van der Waals surface area contributed by atoms with Crippen LogP contribution < -0.4 is 5.32 Å². The fraction of sp³-hybridized carbons (Fsp3) is 1.00. The first-order valence-electron chi connectivity index (χ1n) is 7.11. The van der Waals surface area contributed by atoms with Gasteiger partial charge in [-0.15, -0.1) is 0 Å². The molecule has 3 nitrogen and oxygen atoms in total. The van der Waals surface area contributed by atoms with Crippen LogP contribution in [0.4, 0.5) is 0 Å². The molecular weight excluding hydrogens is 210 g/mol. The molecule has 1 heterocycles. The third-order valence-electron chi connectivity index (χ3n) is 3.59. The van der Waals surface area contributed by atoms with Crippen molar-refractivity contribution >= 4 is 0 Å². The zero-order valence-electron chi connectivity index (χ0n) is 12.4. The maximum Gasteiger partial charge on any atom is 0.0221 e. The highest BCUT2D eigenvalue weighted by Gasteiger charge is 2.23. The van der Waals surface area contributed by atoms with Crippen LogP contribution in [0.5, 0.6) is 0 Å². The Morgan fingerprint density at radius 1 is 1.18 bits per heavy atom. The first-order valence-corrected chi connectivity index (χ1v) is 7.11. The van der Waals surface area contributed by atoms with Crippen molar-refractivity contribution < 1.29 is 0 Å². The minimum atomic E-state index is 0.709. The van der Waals surface area contributed by atoms with Gasteiger partial charge < -0.3 is 10.2 Å². The SMILES string of the molecule is CC(C)CN(CCN(C)C)C1CCC(C)NC1. The molecule has 1 aliphatic heterocycles.